The van der Waals surface area contributed by atoms with Crippen LogP contribution in [-0.4, -0.2) is 11.3 Å². The second-order valence-corrected chi connectivity index (χ2v) is 16.9. The van der Waals surface area contributed by atoms with Gasteiger partial charge in [0.1, 0.15) is 17.2 Å². The van der Waals surface area contributed by atoms with Gasteiger partial charge < -0.3 is 13.9 Å². The predicted molar refractivity (Wildman–Crippen MR) is 258 cm³/mol. The lowest BCUT2D eigenvalue weighted by atomic mass is 9.34. The predicted octanol–water partition coefficient (Wildman–Crippen LogP) is 12.5. The van der Waals surface area contributed by atoms with E-state index in [1.54, 1.807) is 11.8 Å². The van der Waals surface area contributed by atoms with Gasteiger partial charge in [-0.25, -0.2) is 0 Å². The molecule has 0 unspecified atom stereocenters. The fourth-order valence-electron chi connectivity index (χ4n) is 10.0. The molecule has 2 aliphatic rings. The maximum atomic E-state index is 10.5. The molecule has 13 rings (SSSR count). The van der Waals surface area contributed by atoms with Crippen LogP contribution in [-0.2, 0) is 0 Å². The minimum atomic E-state index is -0.341. The van der Waals surface area contributed by atoms with E-state index in [0.717, 1.165) is 93.0 Å². The highest BCUT2D eigenvalue weighted by Gasteiger charge is 2.43. The Balaban J connectivity index is 1.20. The van der Waals surface area contributed by atoms with Crippen molar-refractivity contribution in [3.63, 3.8) is 0 Å². The van der Waals surface area contributed by atoms with E-state index in [1.165, 1.54) is 0 Å². The topological polar surface area (TPSA) is 68.9 Å². The molecule has 290 valence electrons. The van der Waals surface area contributed by atoms with Gasteiger partial charge in [0.2, 0.25) is 6.71 Å². The van der Waals surface area contributed by atoms with Gasteiger partial charge in [-0.2, -0.15) is 10.5 Å². The van der Waals surface area contributed by atoms with Gasteiger partial charge in [-0.05, 0) is 82.2 Å². The van der Waals surface area contributed by atoms with E-state index in [9.17, 15) is 10.5 Å². The van der Waals surface area contributed by atoms with E-state index in [1.807, 2.05) is 66.7 Å². The van der Waals surface area contributed by atoms with Crippen LogP contribution >= 0.6 is 11.8 Å². The summed E-state index contributed by atoms with van der Waals surface area (Å²) in [5.74, 6) is 0. The van der Waals surface area contributed by atoms with Gasteiger partial charge in [0.15, 0.2) is 0 Å². The third-order valence-electron chi connectivity index (χ3n) is 12.7. The summed E-state index contributed by atoms with van der Waals surface area (Å²) in [6.07, 6.45) is 0. The zero-order chi connectivity index (χ0) is 45.2. The van der Waals surface area contributed by atoms with Gasteiger partial charge in [0.05, 0.1) is 50.0 Å². The standard InChI is InChI=1S/C56H31BN4OS/c58-32-35-16-4-6-18-38(35)37-28-51-54-53(29-37)63-56-44(27-26-42-41-21-9-13-25-52(41)62-55(42)56)57(54)45-30-43-40-20-8-12-24-48(40)60(46-22-10-5-17-36(46)33-59)49(43)31-50(45)61(51)47-23-11-7-19-39(47)34-14-2-1-3-15-34/h1-31H/i9D,13D,21D,25D. The van der Waals surface area contributed by atoms with Crippen LogP contribution in [0, 0.1) is 22.7 Å². The minimum Gasteiger partial charge on any atom is -0.455 e. The number of nitriles is 2. The second kappa shape index (κ2) is 13.6. The average Bonchev–Trinajstić information content (AvgIpc) is 3.93. The molecule has 11 aromatic rings. The van der Waals surface area contributed by atoms with Gasteiger partial charge in [-0.1, -0.05) is 151 Å². The van der Waals surface area contributed by atoms with E-state index in [2.05, 4.69) is 119 Å². The second-order valence-electron chi connectivity index (χ2n) is 15.9. The molecule has 0 bridgehead atoms. The molecule has 7 heteroatoms. The fraction of sp³-hybridized carbons (Fsp3) is 0. The molecule has 0 atom stereocenters. The van der Waals surface area contributed by atoms with Crippen molar-refractivity contribution < 1.29 is 9.90 Å². The number of hydrogen-bond donors (Lipinski definition) is 0. The van der Waals surface area contributed by atoms with Crippen LogP contribution in [0.1, 0.15) is 16.6 Å². The Bertz CT molecular complexity index is 4080. The number of aromatic nitrogens is 1. The molecular weight excluding hydrogens is 788 g/mol. The molecule has 0 aliphatic carbocycles. The first-order chi connectivity index (χ1) is 32.8. The Labute approximate surface area is 373 Å². The summed E-state index contributed by atoms with van der Waals surface area (Å²) in [6, 6.07) is 59.4. The van der Waals surface area contributed by atoms with Gasteiger partial charge in [-0.15, -0.1) is 0 Å². The van der Waals surface area contributed by atoms with Crippen LogP contribution in [0.2, 0.25) is 0 Å². The summed E-state index contributed by atoms with van der Waals surface area (Å²) >= 11 is 1.57. The van der Waals surface area contributed by atoms with Gasteiger partial charge in [-0.3, -0.25) is 0 Å². The number of furan rings is 1. The molecule has 4 heterocycles. The zero-order valence-electron chi connectivity index (χ0n) is 37.3. The lowest BCUT2D eigenvalue weighted by molar-refractivity contribution is 0.661. The molecule has 63 heavy (non-hydrogen) atoms. The molecule has 0 saturated heterocycles. The van der Waals surface area contributed by atoms with Crippen molar-refractivity contribution in [3.8, 4) is 40.1 Å². The van der Waals surface area contributed by atoms with E-state index in [-0.39, 0.29) is 36.5 Å². The normalized spacial score (nSPS) is 13.5. The lowest BCUT2D eigenvalue weighted by Crippen LogP contribution is -2.59. The molecule has 5 nitrogen and oxygen atoms in total. The van der Waals surface area contributed by atoms with Crippen LogP contribution < -0.4 is 21.3 Å². The highest BCUT2D eigenvalue weighted by molar-refractivity contribution is 8.00. The molecule has 0 saturated carbocycles. The molecule has 2 aromatic heterocycles. The Hall–Kier alpha value is -8.23. The third kappa shape index (κ3) is 5.12. The minimum absolute atomic E-state index is 0.123. The average molecular weight is 823 g/mol. The number of fused-ring (bicyclic) bond motifs is 11. The first-order valence-electron chi connectivity index (χ1n) is 22.7. The Morgan fingerprint density at radius 1 is 0.540 bits per heavy atom. The summed E-state index contributed by atoms with van der Waals surface area (Å²) in [5, 5.41) is 24.0. The molecule has 0 radical (unpaired) electrons. The molecule has 9 aromatic carbocycles. The molecule has 0 N–H and O–H groups in total. The van der Waals surface area contributed by atoms with Crippen molar-refractivity contribution in [2.75, 3.05) is 4.90 Å². The van der Waals surface area contributed by atoms with Crippen molar-refractivity contribution in [1.82, 2.24) is 4.57 Å². The maximum Gasteiger partial charge on any atom is 0.249 e. The number of nitrogens with zero attached hydrogens (tertiary/aromatic N) is 4. The van der Waals surface area contributed by atoms with Crippen LogP contribution in [0.25, 0.3) is 71.7 Å². The van der Waals surface area contributed by atoms with E-state index >= 15 is 0 Å². The summed E-state index contributed by atoms with van der Waals surface area (Å²) in [4.78, 5) is 4.16. The third-order valence-corrected chi connectivity index (χ3v) is 13.9. The smallest absolute Gasteiger partial charge is 0.249 e. The van der Waals surface area contributed by atoms with Crippen LogP contribution in [0.5, 0.6) is 0 Å². The zero-order valence-corrected chi connectivity index (χ0v) is 34.1. The number of benzene rings is 9. The van der Waals surface area contributed by atoms with Crippen LogP contribution in [0.15, 0.2) is 202 Å². The highest BCUT2D eigenvalue weighted by atomic mass is 32.2. The highest BCUT2D eigenvalue weighted by Crippen LogP contribution is 2.49. The first-order valence-corrected chi connectivity index (χ1v) is 21.5. The van der Waals surface area contributed by atoms with Crippen molar-refractivity contribution in [3.05, 3.63) is 199 Å². The number of hydrogen-bond acceptors (Lipinski definition) is 5. The number of para-hydroxylation sites is 4. The fourth-order valence-corrected chi connectivity index (χ4v) is 11.3. The van der Waals surface area contributed by atoms with E-state index in [4.69, 9.17) is 9.90 Å². The summed E-state index contributed by atoms with van der Waals surface area (Å²) in [5.41, 5.74) is 14.1. The summed E-state index contributed by atoms with van der Waals surface area (Å²) in [7, 11) is 0. The quantitative estimate of drug-likeness (QED) is 0.165. The Morgan fingerprint density at radius 3 is 2.13 bits per heavy atom. The summed E-state index contributed by atoms with van der Waals surface area (Å²) < 4.78 is 43.7. The molecular formula is C56H31BN4OS. The maximum absolute atomic E-state index is 10.5. The summed E-state index contributed by atoms with van der Waals surface area (Å²) in [6.45, 7) is -0.336. The van der Waals surface area contributed by atoms with Gasteiger partial charge in [0.25, 0.3) is 0 Å². The molecule has 0 spiro atoms. The Kier molecular flexibility index (Phi) is 6.85. The first kappa shape index (κ1) is 31.6. The molecule has 0 fully saturated rings. The SMILES string of the molecule is [2H]c1c([2H])c([2H])c2c(oc3c4c(ccc32)B2c3cc5c6ccccc6n(-c6ccccc6C#N)c5cc3N(c3ccccc3-c3ccccc3)c3cc(-c5ccccc5C#N)cc(c32)S4)c1[2H]. The van der Waals surface area contributed by atoms with Crippen LogP contribution in [0.4, 0.5) is 17.1 Å². The number of anilines is 3. The number of rotatable bonds is 4. The monoisotopic (exact) mass is 822 g/mol. The lowest BCUT2D eigenvalue weighted by Gasteiger charge is -2.41. The van der Waals surface area contributed by atoms with Gasteiger partial charge >= 0.3 is 0 Å². The van der Waals surface area contributed by atoms with Crippen molar-refractivity contribution >= 4 is 95.7 Å². The van der Waals surface area contributed by atoms with Crippen molar-refractivity contribution in [1.29, 1.82) is 10.5 Å². The van der Waals surface area contributed by atoms with Crippen molar-refractivity contribution in [2.24, 2.45) is 0 Å². The van der Waals surface area contributed by atoms with E-state index < -0.39 is 0 Å². The molecule has 0 amide bonds. The van der Waals surface area contributed by atoms with Gasteiger partial charge in [0, 0.05) is 43.4 Å². The van der Waals surface area contributed by atoms with Crippen LogP contribution in [0.3, 0.4) is 0 Å². The molecule has 2 aliphatic heterocycles. The van der Waals surface area contributed by atoms with E-state index in [0.29, 0.717) is 27.5 Å². The van der Waals surface area contributed by atoms with Crippen molar-refractivity contribution in [2.45, 2.75) is 9.79 Å². The Morgan fingerprint density at radius 2 is 1.27 bits per heavy atom. The largest absolute Gasteiger partial charge is 0.455 e.